The molecule has 3 rings (SSSR count). The van der Waals surface area contributed by atoms with Crippen molar-refractivity contribution >= 4 is 21.6 Å². The van der Waals surface area contributed by atoms with Crippen molar-refractivity contribution in [2.45, 2.75) is 58.0 Å². The lowest BCUT2D eigenvalue weighted by Gasteiger charge is -2.26. The van der Waals surface area contributed by atoms with Gasteiger partial charge in [-0.15, -0.1) is 0 Å². The van der Waals surface area contributed by atoms with Crippen molar-refractivity contribution in [2.24, 2.45) is 5.92 Å². The molecule has 0 spiro atoms. The van der Waals surface area contributed by atoms with Gasteiger partial charge in [0.05, 0.1) is 0 Å². The normalized spacial score (nSPS) is 19.6. The number of hydrogen-bond acceptors (Lipinski definition) is 2. The topological polar surface area (TPSA) is 15.3 Å². The summed E-state index contributed by atoms with van der Waals surface area (Å²) in [6.07, 6.45) is 6.79. The SMILES string of the molecule is CCCNC(C)c1ccc(N(CC2CC2)C2CC2)cc1Br. The van der Waals surface area contributed by atoms with Gasteiger partial charge >= 0.3 is 0 Å². The van der Waals surface area contributed by atoms with Gasteiger partial charge in [0.15, 0.2) is 0 Å². The minimum atomic E-state index is 0.409. The fraction of sp³-hybridized carbons (Fsp3) is 0.667. The van der Waals surface area contributed by atoms with Gasteiger partial charge in [-0.25, -0.2) is 0 Å². The van der Waals surface area contributed by atoms with Gasteiger partial charge in [-0.3, -0.25) is 0 Å². The second kappa shape index (κ2) is 6.70. The largest absolute Gasteiger partial charge is 0.368 e. The molecule has 1 N–H and O–H groups in total. The molecule has 0 radical (unpaired) electrons. The molecule has 21 heavy (non-hydrogen) atoms. The van der Waals surface area contributed by atoms with Crippen LogP contribution in [0.25, 0.3) is 0 Å². The summed E-state index contributed by atoms with van der Waals surface area (Å²) >= 11 is 3.79. The van der Waals surface area contributed by atoms with E-state index in [0.29, 0.717) is 6.04 Å². The molecule has 2 nitrogen and oxygen atoms in total. The molecule has 2 fully saturated rings. The highest BCUT2D eigenvalue weighted by Gasteiger charge is 2.34. The van der Waals surface area contributed by atoms with Crippen molar-refractivity contribution in [1.29, 1.82) is 0 Å². The molecule has 0 saturated heterocycles. The Morgan fingerprint density at radius 1 is 1.29 bits per heavy atom. The Hall–Kier alpha value is -0.540. The monoisotopic (exact) mass is 350 g/mol. The van der Waals surface area contributed by atoms with E-state index < -0.39 is 0 Å². The molecule has 0 bridgehead atoms. The zero-order valence-electron chi connectivity index (χ0n) is 13.2. The van der Waals surface area contributed by atoms with Crippen LogP contribution < -0.4 is 10.2 Å². The highest BCUT2D eigenvalue weighted by molar-refractivity contribution is 9.10. The highest BCUT2D eigenvalue weighted by atomic mass is 79.9. The number of benzene rings is 1. The van der Waals surface area contributed by atoms with E-state index in [2.05, 4.69) is 58.2 Å². The first kappa shape index (κ1) is 15.4. The number of nitrogens with one attached hydrogen (secondary N) is 1. The Balaban J connectivity index is 1.72. The molecule has 0 aliphatic heterocycles. The Morgan fingerprint density at radius 2 is 2.05 bits per heavy atom. The van der Waals surface area contributed by atoms with Crippen molar-refractivity contribution in [3.63, 3.8) is 0 Å². The molecule has 1 aromatic carbocycles. The van der Waals surface area contributed by atoms with E-state index in [4.69, 9.17) is 0 Å². The third kappa shape index (κ3) is 4.01. The van der Waals surface area contributed by atoms with Crippen LogP contribution in [-0.4, -0.2) is 19.1 Å². The van der Waals surface area contributed by atoms with Gasteiger partial charge in [0.1, 0.15) is 0 Å². The quantitative estimate of drug-likeness (QED) is 0.717. The number of halogens is 1. The van der Waals surface area contributed by atoms with Gasteiger partial charge in [0.25, 0.3) is 0 Å². The molecule has 1 unspecified atom stereocenters. The van der Waals surface area contributed by atoms with Crippen LogP contribution in [-0.2, 0) is 0 Å². The minimum absolute atomic E-state index is 0.409. The molecule has 2 aliphatic rings. The van der Waals surface area contributed by atoms with Crippen molar-refractivity contribution in [2.75, 3.05) is 18.0 Å². The van der Waals surface area contributed by atoms with Gasteiger partial charge in [-0.2, -0.15) is 0 Å². The summed E-state index contributed by atoms with van der Waals surface area (Å²) < 4.78 is 1.25. The van der Waals surface area contributed by atoms with E-state index in [1.807, 2.05) is 0 Å². The first-order valence-electron chi connectivity index (χ1n) is 8.48. The number of nitrogens with zero attached hydrogens (tertiary/aromatic N) is 1. The molecule has 1 atom stereocenters. The smallest absolute Gasteiger partial charge is 0.0380 e. The molecule has 0 aromatic heterocycles. The van der Waals surface area contributed by atoms with Crippen LogP contribution in [0.5, 0.6) is 0 Å². The second-order valence-electron chi connectivity index (χ2n) is 6.71. The molecule has 1 aromatic rings. The van der Waals surface area contributed by atoms with Crippen LogP contribution in [0.3, 0.4) is 0 Å². The molecule has 3 heteroatoms. The van der Waals surface area contributed by atoms with E-state index in [1.165, 1.54) is 54.4 Å². The summed E-state index contributed by atoms with van der Waals surface area (Å²) in [5, 5.41) is 3.57. The highest BCUT2D eigenvalue weighted by Crippen LogP contribution is 2.39. The van der Waals surface area contributed by atoms with Crippen molar-refractivity contribution in [3.05, 3.63) is 28.2 Å². The van der Waals surface area contributed by atoms with Crippen LogP contribution in [0.4, 0.5) is 5.69 Å². The average Bonchev–Trinajstić information content (AvgIpc) is 3.35. The summed E-state index contributed by atoms with van der Waals surface area (Å²) in [6, 6.07) is 8.17. The first-order valence-corrected chi connectivity index (χ1v) is 9.27. The van der Waals surface area contributed by atoms with E-state index in [1.54, 1.807) is 0 Å². The standard InChI is InChI=1S/C18H27BrN2/c1-3-10-20-13(2)17-9-8-16(11-18(17)19)21(15-6-7-15)12-14-4-5-14/h8-9,11,13-15,20H,3-7,10,12H2,1-2H3. The zero-order chi connectivity index (χ0) is 14.8. The van der Waals surface area contributed by atoms with Gasteiger partial charge in [-0.1, -0.05) is 28.9 Å². The lowest BCUT2D eigenvalue weighted by molar-refractivity contribution is 0.569. The van der Waals surface area contributed by atoms with E-state index in [9.17, 15) is 0 Å². The molecule has 2 aliphatic carbocycles. The van der Waals surface area contributed by atoms with Crippen molar-refractivity contribution < 1.29 is 0 Å². The molecular weight excluding hydrogens is 324 g/mol. The Morgan fingerprint density at radius 3 is 2.62 bits per heavy atom. The second-order valence-corrected chi connectivity index (χ2v) is 7.56. The predicted octanol–water partition coefficient (Wildman–Crippen LogP) is 4.89. The Kier molecular flexibility index (Phi) is 4.90. The molecule has 0 amide bonds. The lowest BCUT2D eigenvalue weighted by Crippen LogP contribution is -2.28. The maximum atomic E-state index is 3.79. The van der Waals surface area contributed by atoms with E-state index in [-0.39, 0.29) is 0 Å². The summed E-state index contributed by atoms with van der Waals surface area (Å²) in [6.45, 7) is 6.80. The van der Waals surface area contributed by atoms with E-state index in [0.717, 1.165) is 18.5 Å². The summed E-state index contributed by atoms with van der Waals surface area (Å²) in [5.74, 6) is 0.953. The molecule has 0 heterocycles. The van der Waals surface area contributed by atoms with E-state index >= 15 is 0 Å². The molecule has 2 saturated carbocycles. The predicted molar refractivity (Wildman–Crippen MR) is 93.9 cm³/mol. The maximum absolute atomic E-state index is 3.79. The van der Waals surface area contributed by atoms with Crippen LogP contribution in [0.15, 0.2) is 22.7 Å². The third-order valence-electron chi connectivity index (χ3n) is 4.62. The van der Waals surface area contributed by atoms with Gasteiger partial charge in [-0.05, 0) is 69.2 Å². The fourth-order valence-electron chi connectivity index (χ4n) is 2.95. The average molecular weight is 351 g/mol. The van der Waals surface area contributed by atoms with Gasteiger partial charge in [0, 0.05) is 28.8 Å². The summed E-state index contributed by atoms with van der Waals surface area (Å²) in [5.41, 5.74) is 2.78. The van der Waals surface area contributed by atoms with Crippen LogP contribution in [0.1, 0.15) is 57.6 Å². The number of anilines is 1. The third-order valence-corrected chi connectivity index (χ3v) is 5.31. The van der Waals surface area contributed by atoms with Gasteiger partial charge < -0.3 is 10.2 Å². The van der Waals surface area contributed by atoms with Crippen LogP contribution in [0.2, 0.25) is 0 Å². The number of hydrogen-bond donors (Lipinski definition) is 1. The van der Waals surface area contributed by atoms with Crippen molar-refractivity contribution in [3.8, 4) is 0 Å². The number of rotatable bonds is 8. The van der Waals surface area contributed by atoms with Gasteiger partial charge in [0.2, 0.25) is 0 Å². The minimum Gasteiger partial charge on any atom is -0.368 e. The Bertz CT molecular complexity index is 480. The molecule has 116 valence electrons. The fourth-order valence-corrected chi connectivity index (χ4v) is 3.66. The Labute approximate surface area is 137 Å². The summed E-state index contributed by atoms with van der Waals surface area (Å²) in [7, 11) is 0. The van der Waals surface area contributed by atoms with Crippen LogP contribution >= 0.6 is 15.9 Å². The first-order chi connectivity index (χ1) is 10.2. The van der Waals surface area contributed by atoms with Crippen molar-refractivity contribution in [1.82, 2.24) is 5.32 Å². The summed E-state index contributed by atoms with van der Waals surface area (Å²) in [4.78, 5) is 2.65. The van der Waals surface area contributed by atoms with Crippen LogP contribution in [0, 0.1) is 5.92 Å². The lowest BCUT2D eigenvalue weighted by atomic mass is 10.1. The molecular formula is C18H27BrN2. The zero-order valence-corrected chi connectivity index (χ0v) is 14.8. The maximum Gasteiger partial charge on any atom is 0.0380 e.